The predicted octanol–water partition coefficient (Wildman–Crippen LogP) is 4.13. The van der Waals surface area contributed by atoms with Crippen LogP contribution in [-0.4, -0.2) is 71.2 Å². The van der Waals surface area contributed by atoms with Crippen molar-refractivity contribution in [3.8, 4) is 0 Å². The number of carbonyl (C=O) groups excluding carboxylic acids is 1. The molecule has 0 saturated heterocycles. The minimum Gasteiger partial charge on any atom is -0.456 e. The second-order valence-electron chi connectivity index (χ2n) is 11.5. The number of esters is 1. The van der Waals surface area contributed by atoms with Gasteiger partial charge in [-0.1, -0.05) is 27.4 Å². The van der Waals surface area contributed by atoms with E-state index in [9.17, 15) is 14.2 Å². The minimum atomic E-state index is -3.63. The van der Waals surface area contributed by atoms with E-state index in [2.05, 4.69) is 55.4 Å². The van der Waals surface area contributed by atoms with Gasteiger partial charge in [0, 0.05) is 6.92 Å². The highest BCUT2D eigenvalue weighted by atomic mass is 31.2. The Labute approximate surface area is 235 Å². The van der Waals surface area contributed by atoms with Gasteiger partial charge in [-0.3, -0.25) is 19.1 Å². The number of ether oxygens (including phenoxy) is 2. The quantitative estimate of drug-likeness (QED) is 0.165. The van der Waals surface area contributed by atoms with Crippen LogP contribution in [0.4, 0.5) is 5.95 Å². The molecular weight excluding hydrogens is 557 g/mol. The molecule has 2 heterocycles. The minimum absolute atomic E-state index is 0.0715. The molecule has 1 aliphatic carbocycles. The van der Waals surface area contributed by atoms with Gasteiger partial charge in [-0.25, -0.2) is 4.98 Å². The average molecular weight is 600 g/mol. The topological polar surface area (TPSA) is 170 Å². The van der Waals surface area contributed by atoms with E-state index in [0.717, 1.165) is 0 Å². The van der Waals surface area contributed by atoms with Crippen LogP contribution in [0.5, 0.6) is 0 Å². The first kappa shape index (κ1) is 32.2. The van der Waals surface area contributed by atoms with Gasteiger partial charge >= 0.3 is 13.6 Å². The van der Waals surface area contributed by atoms with Crippen molar-refractivity contribution >= 4 is 39.0 Å². The molecule has 0 spiro atoms. The lowest BCUT2D eigenvalue weighted by atomic mass is 9.97. The fraction of sp³-hybridized carbons (Fsp3) is 0.680. The van der Waals surface area contributed by atoms with E-state index >= 15 is 0 Å². The molecule has 40 heavy (non-hydrogen) atoms. The second-order valence-corrected chi connectivity index (χ2v) is 18.2. The van der Waals surface area contributed by atoms with Gasteiger partial charge in [0.05, 0.1) is 25.6 Å². The van der Waals surface area contributed by atoms with E-state index in [1.54, 1.807) is 18.4 Å². The summed E-state index contributed by atoms with van der Waals surface area (Å²) in [5, 5.41) is -0.224. The Morgan fingerprint density at radius 3 is 2.40 bits per heavy atom. The number of nitrogens with two attached hydrogens (primary N) is 1. The lowest BCUT2D eigenvalue weighted by Gasteiger charge is -2.47. The van der Waals surface area contributed by atoms with Gasteiger partial charge in [-0.15, -0.1) is 0 Å². The molecule has 2 aromatic heterocycles. The van der Waals surface area contributed by atoms with Gasteiger partial charge in [0.25, 0.3) is 5.56 Å². The number of fused-ring (bicyclic) bond motifs is 1. The number of carbonyl (C=O) groups is 1. The van der Waals surface area contributed by atoms with E-state index in [0.29, 0.717) is 5.57 Å². The summed E-state index contributed by atoms with van der Waals surface area (Å²) in [6, 6.07) is -0.770. The molecule has 0 radical (unpaired) electrons. The van der Waals surface area contributed by atoms with Crippen LogP contribution in [0.3, 0.4) is 0 Å². The molecule has 13 nitrogen and oxygen atoms in total. The van der Waals surface area contributed by atoms with Crippen LogP contribution in [-0.2, 0) is 32.3 Å². The van der Waals surface area contributed by atoms with Crippen LogP contribution in [0.1, 0.15) is 54.5 Å². The molecule has 224 valence electrons. The van der Waals surface area contributed by atoms with Crippen molar-refractivity contribution in [1.82, 2.24) is 19.5 Å². The number of hydrogen-bond acceptors (Lipinski definition) is 11. The zero-order valence-electron chi connectivity index (χ0n) is 24.8. The molecule has 3 N–H and O–H groups in total. The summed E-state index contributed by atoms with van der Waals surface area (Å²) >= 11 is 0. The van der Waals surface area contributed by atoms with Gasteiger partial charge in [-0.2, -0.15) is 4.98 Å². The molecule has 3 rings (SSSR count). The standard InChI is InChI=1S/C25H42N5O8PSi/c1-11-35-39(33,36-12-2)14-34-18-15(3)19(30-13-27-17-21(30)28-23(26)29-22(17)32)25(8,20(18)37-16(4)31)38-40(9,10)24(5,6)7/h13,18-20H,3,11-12,14H2,1-2,4-10H3,(H3,26,28,29,32)/t18-,19+,20-,25-/m0/s1. The highest BCUT2D eigenvalue weighted by Crippen LogP contribution is 2.54. The van der Waals surface area contributed by atoms with E-state index < -0.39 is 57.6 Å². The lowest BCUT2D eigenvalue weighted by Crippen LogP contribution is -2.56. The van der Waals surface area contributed by atoms with Gasteiger partial charge in [0.15, 0.2) is 25.6 Å². The van der Waals surface area contributed by atoms with Crippen molar-refractivity contribution in [3.05, 3.63) is 28.8 Å². The van der Waals surface area contributed by atoms with Crippen molar-refractivity contribution < 1.29 is 32.3 Å². The normalized spacial score (nSPS) is 24.1. The number of aromatic amines is 1. The summed E-state index contributed by atoms with van der Waals surface area (Å²) in [5.74, 6) is -0.655. The summed E-state index contributed by atoms with van der Waals surface area (Å²) in [5.41, 5.74) is 4.81. The Bertz CT molecular complexity index is 1360. The first-order chi connectivity index (χ1) is 18.4. The van der Waals surface area contributed by atoms with Crippen LogP contribution in [0.2, 0.25) is 18.1 Å². The molecular formula is C25H42N5O8PSi. The van der Waals surface area contributed by atoms with E-state index in [-0.39, 0.29) is 35.4 Å². The first-order valence-electron chi connectivity index (χ1n) is 13.2. The molecule has 1 saturated carbocycles. The summed E-state index contributed by atoms with van der Waals surface area (Å²) < 4.78 is 44.9. The molecule has 4 atom stereocenters. The van der Waals surface area contributed by atoms with Crippen LogP contribution in [0.15, 0.2) is 23.3 Å². The molecule has 1 fully saturated rings. The van der Waals surface area contributed by atoms with Crippen molar-refractivity contribution in [2.75, 3.05) is 25.3 Å². The maximum atomic E-state index is 13.3. The molecule has 1 aliphatic rings. The Balaban J connectivity index is 2.23. The zero-order chi connectivity index (χ0) is 30.3. The monoisotopic (exact) mass is 599 g/mol. The zero-order valence-corrected chi connectivity index (χ0v) is 26.7. The van der Waals surface area contributed by atoms with Gasteiger partial charge in [0.2, 0.25) is 5.95 Å². The maximum Gasteiger partial charge on any atom is 0.356 e. The summed E-state index contributed by atoms with van der Waals surface area (Å²) in [4.78, 5) is 36.1. The third-order valence-electron chi connectivity index (χ3n) is 7.47. The molecule has 0 amide bonds. The van der Waals surface area contributed by atoms with E-state index in [1.807, 2.05) is 6.92 Å². The van der Waals surface area contributed by atoms with E-state index in [1.165, 1.54) is 13.3 Å². The SMILES string of the molecule is C=C1[C@H](OCP(=O)(OCC)OCC)[C@H](OC(C)=O)[C@@](C)(O[Si](C)(C)C(C)(C)C)[C@@H]1n1cnc2c(=O)[nH]c(N)nc21. The fourth-order valence-corrected chi connectivity index (χ4v) is 7.79. The van der Waals surface area contributed by atoms with Gasteiger partial charge in [-0.05, 0) is 44.5 Å². The summed E-state index contributed by atoms with van der Waals surface area (Å²) in [7, 11) is -6.19. The summed E-state index contributed by atoms with van der Waals surface area (Å²) in [6.45, 7) is 21.5. The summed E-state index contributed by atoms with van der Waals surface area (Å²) in [6.07, 6.45) is -0.956. The molecule has 0 bridgehead atoms. The highest BCUT2D eigenvalue weighted by molar-refractivity contribution is 7.53. The lowest BCUT2D eigenvalue weighted by molar-refractivity contribution is -0.167. The van der Waals surface area contributed by atoms with Crippen molar-refractivity contribution in [2.45, 2.75) is 90.4 Å². The Kier molecular flexibility index (Phi) is 9.24. The van der Waals surface area contributed by atoms with Crippen molar-refractivity contribution in [3.63, 3.8) is 0 Å². The number of anilines is 1. The van der Waals surface area contributed by atoms with Crippen LogP contribution >= 0.6 is 7.60 Å². The third-order valence-corrected chi connectivity index (χ3v) is 13.8. The van der Waals surface area contributed by atoms with Gasteiger partial charge < -0.3 is 33.2 Å². The average Bonchev–Trinajstić information content (AvgIpc) is 3.28. The van der Waals surface area contributed by atoms with Crippen molar-refractivity contribution in [2.24, 2.45) is 0 Å². The number of imidazole rings is 1. The molecule has 15 heteroatoms. The Morgan fingerprint density at radius 1 is 1.27 bits per heavy atom. The molecule has 2 aromatic rings. The number of hydrogen-bond donors (Lipinski definition) is 2. The van der Waals surface area contributed by atoms with Crippen LogP contribution in [0, 0.1) is 0 Å². The Hall–Kier alpha value is -2.35. The maximum absolute atomic E-state index is 13.3. The smallest absolute Gasteiger partial charge is 0.356 e. The Morgan fingerprint density at radius 2 is 1.88 bits per heavy atom. The highest BCUT2D eigenvalue weighted by Gasteiger charge is 2.62. The number of rotatable bonds is 11. The largest absolute Gasteiger partial charge is 0.456 e. The number of nitrogens with one attached hydrogen (secondary N) is 1. The number of nitrogen functional groups attached to an aromatic ring is 1. The molecule has 0 aromatic carbocycles. The third kappa shape index (κ3) is 6.12. The van der Waals surface area contributed by atoms with Crippen molar-refractivity contribution in [1.29, 1.82) is 0 Å². The number of aromatic nitrogens is 4. The first-order valence-corrected chi connectivity index (χ1v) is 17.8. The van der Waals surface area contributed by atoms with Gasteiger partial charge in [0.1, 0.15) is 18.1 Å². The number of H-pyrrole nitrogens is 1. The molecule has 0 aliphatic heterocycles. The van der Waals surface area contributed by atoms with Crippen LogP contribution in [0.25, 0.3) is 11.2 Å². The molecule has 0 unspecified atom stereocenters. The van der Waals surface area contributed by atoms with E-state index in [4.69, 9.17) is 28.7 Å². The second kappa shape index (κ2) is 11.5. The fourth-order valence-electron chi connectivity index (χ4n) is 4.81. The van der Waals surface area contributed by atoms with Crippen LogP contribution < -0.4 is 11.3 Å². The number of nitrogens with zero attached hydrogens (tertiary/aromatic N) is 3. The predicted molar refractivity (Wildman–Crippen MR) is 154 cm³/mol.